The topological polar surface area (TPSA) is 50.4 Å². The van der Waals surface area contributed by atoms with Crippen LogP contribution in [0.1, 0.15) is 20.3 Å². The van der Waals surface area contributed by atoms with Gasteiger partial charge in [0.15, 0.2) is 0 Å². The summed E-state index contributed by atoms with van der Waals surface area (Å²) < 4.78 is 4.70. The van der Waals surface area contributed by atoms with Gasteiger partial charge >= 0.3 is 5.97 Å². The molecule has 2 unspecified atom stereocenters. The minimum absolute atomic E-state index is 0.171. The maximum Gasteiger partial charge on any atom is 0.324 e. The Morgan fingerprint density at radius 1 is 1.62 bits per heavy atom. The summed E-state index contributed by atoms with van der Waals surface area (Å²) in [4.78, 5) is 11.3. The van der Waals surface area contributed by atoms with Crippen molar-refractivity contribution in [2.45, 2.75) is 38.4 Å². The summed E-state index contributed by atoms with van der Waals surface area (Å²) >= 11 is 0. The van der Waals surface area contributed by atoms with Crippen LogP contribution in [0.15, 0.2) is 0 Å². The number of ether oxygens (including phenoxy) is 1. The molecule has 4 nitrogen and oxygen atoms in total. The maximum atomic E-state index is 11.3. The molecule has 1 aliphatic rings. The molecule has 0 spiro atoms. The Balaban J connectivity index is 2.48. The van der Waals surface area contributed by atoms with Gasteiger partial charge < -0.3 is 15.4 Å². The second-order valence-electron chi connectivity index (χ2n) is 3.67. The molecule has 1 saturated heterocycles. The van der Waals surface area contributed by atoms with Crippen LogP contribution in [0.25, 0.3) is 0 Å². The fourth-order valence-electron chi connectivity index (χ4n) is 1.69. The molecule has 0 radical (unpaired) electrons. The number of hydrogen-bond donors (Lipinski definition) is 2. The first-order valence-corrected chi connectivity index (χ1v) is 4.72. The molecule has 0 bridgehead atoms. The van der Waals surface area contributed by atoms with Crippen LogP contribution in [0.3, 0.4) is 0 Å². The van der Waals surface area contributed by atoms with Crippen molar-refractivity contribution in [2.24, 2.45) is 0 Å². The van der Waals surface area contributed by atoms with Crippen LogP contribution >= 0.6 is 0 Å². The molecule has 0 aromatic heterocycles. The van der Waals surface area contributed by atoms with Gasteiger partial charge in [0.2, 0.25) is 0 Å². The number of rotatable bonds is 3. The third-order valence-electron chi connectivity index (χ3n) is 2.22. The molecule has 4 heteroatoms. The summed E-state index contributed by atoms with van der Waals surface area (Å²) in [7, 11) is 1.43. The summed E-state index contributed by atoms with van der Waals surface area (Å²) in [6, 6.07) is 0.442. The van der Waals surface area contributed by atoms with Crippen molar-refractivity contribution in [3.05, 3.63) is 0 Å². The Labute approximate surface area is 79.0 Å². The number of hydrogen-bond acceptors (Lipinski definition) is 4. The van der Waals surface area contributed by atoms with E-state index >= 15 is 0 Å². The second-order valence-corrected chi connectivity index (χ2v) is 3.67. The van der Waals surface area contributed by atoms with Crippen LogP contribution in [0.5, 0.6) is 0 Å². The number of carbonyl (C=O) groups excluding carboxylic acids is 1. The minimum Gasteiger partial charge on any atom is -0.468 e. The molecule has 76 valence electrons. The summed E-state index contributed by atoms with van der Waals surface area (Å²) in [5, 5.41) is 6.47. The zero-order chi connectivity index (χ0) is 9.84. The highest BCUT2D eigenvalue weighted by Crippen LogP contribution is 2.09. The predicted octanol–water partition coefficient (Wildman–Crippen LogP) is -0.112. The lowest BCUT2D eigenvalue weighted by Crippen LogP contribution is -2.48. The lowest BCUT2D eigenvalue weighted by atomic mass is 10.1. The molecule has 0 amide bonds. The van der Waals surface area contributed by atoms with Crippen LogP contribution in [0.4, 0.5) is 0 Å². The molecular formula is C9H18N2O2. The van der Waals surface area contributed by atoms with E-state index < -0.39 is 0 Å². The maximum absolute atomic E-state index is 11.3. The zero-order valence-corrected chi connectivity index (χ0v) is 8.46. The highest BCUT2D eigenvalue weighted by Gasteiger charge is 2.33. The average Bonchev–Trinajstić information content (AvgIpc) is 2.50. The largest absolute Gasteiger partial charge is 0.468 e. The van der Waals surface area contributed by atoms with Gasteiger partial charge in [-0.25, -0.2) is 0 Å². The highest BCUT2D eigenvalue weighted by molar-refractivity contribution is 5.77. The molecule has 1 heterocycles. The molecule has 2 atom stereocenters. The number of esters is 1. The van der Waals surface area contributed by atoms with Gasteiger partial charge in [0.25, 0.3) is 0 Å². The Bertz CT molecular complexity index is 182. The van der Waals surface area contributed by atoms with Gasteiger partial charge in [-0.3, -0.25) is 4.79 Å². The van der Waals surface area contributed by atoms with Crippen LogP contribution in [-0.4, -0.2) is 37.7 Å². The van der Waals surface area contributed by atoms with Gasteiger partial charge in [-0.2, -0.15) is 0 Å². The monoisotopic (exact) mass is 186 g/mol. The quantitative estimate of drug-likeness (QED) is 0.604. The smallest absolute Gasteiger partial charge is 0.324 e. The average molecular weight is 186 g/mol. The zero-order valence-electron chi connectivity index (χ0n) is 8.46. The van der Waals surface area contributed by atoms with Gasteiger partial charge in [0, 0.05) is 12.1 Å². The van der Waals surface area contributed by atoms with Crippen molar-refractivity contribution in [1.29, 1.82) is 0 Å². The van der Waals surface area contributed by atoms with Gasteiger partial charge in [0.05, 0.1) is 7.11 Å². The van der Waals surface area contributed by atoms with Crippen molar-refractivity contribution < 1.29 is 9.53 Å². The fraction of sp³-hybridized carbons (Fsp3) is 0.889. The van der Waals surface area contributed by atoms with Gasteiger partial charge in [-0.15, -0.1) is 0 Å². The van der Waals surface area contributed by atoms with Gasteiger partial charge in [-0.1, -0.05) is 13.8 Å². The predicted molar refractivity (Wildman–Crippen MR) is 50.5 cm³/mol. The third kappa shape index (κ3) is 2.67. The summed E-state index contributed by atoms with van der Waals surface area (Å²) in [6.45, 7) is 5.03. The number of nitrogens with one attached hydrogen (secondary N) is 2. The fourth-order valence-corrected chi connectivity index (χ4v) is 1.69. The van der Waals surface area contributed by atoms with Crippen molar-refractivity contribution in [3.8, 4) is 0 Å². The van der Waals surface area contributed by atoms with Crippen molar-refractivity contribution >= 4 is 5.97 Å². The van der Waals surface area contributed by atoms with E-state index in [1.54, 1.807) is 0 Å². The Hall–Kier alpha value is -0.610. The van der Waals surface area contributed by atoms with E-state index in [4.69, 9.17) is 4.74 Å². The van der Waals surface area contributed by atoms with E-state index in [0.717, 1.165) is 13.0 Å². The third-order valence-corrected chi connectivity index (χ3v) is 2.22. The Morgan fingerprint density at radius 3 is 2.85 bits per heavy atom. The van der Waals surface area contributed by atoms with Gasteiger partial charge in [-0.05, 0) is 13.0 Å². The molecule has 1 fully saturated rings. The first-order chi connectivity index (χ1) is 6.15. The van der Waals surface area contributed by atoms with Crippen LogP contribution in [0.2, 0.25) is 0 Å². The molecule has 0 aromatic carbocycles. The van der Waals surface area contributed by atoms with Crippen LogP contribution in [0, 0.1) is 0 Å². The van der Waals surface area contributed by atoms with E-state index in [1.807, 2.05) is 0 Å². The van der Waals surface area contributed by atoms with E-state index in [-0.39, 0.29) is 18.1 Å². The summed E-state index contributed by atoms with van der Waals surface area (Å²) in [5.74, 6) is -0.171. The molecule has 0 aromatic rings. The molecule has 2 N–H and O–H groups in total. The molecule has 1 aliphatic heterocycles. The first kappa shape index (κ1) is 10.5. The lowest BCUT2D eigenvalue weighted by Gasteiger charge is -2.20. The molecular weight excluding hydrogens is 168 g/mol. The van der Waals surface area contributed by atoms with Crippen LogP contribution in [-0.2, 0) is 9.53 Å². The second kappa shape index (κ2) is 4.58. The summed E-state index contributed by atoms with van der Waals surface area (Å²) in [6.07, 6.45) is 0.984. The number of methoxy groups -OCH3 is 1. The SMILES string of the molecule is COC(=O)C1NCCC1NC(C)C. The van der Waals surface area contributed by atoms with Crippen molar-refractivity contribution in [1.82, 2.24) is 10.6 Å². The lowest BCUT2D eigenvalue weighted by molar-refractivity contribution is -0.143. The van der Waals surface area contributed by atoms with E-state index in [0.29, 0.717) is 6.04 Å². The molecule has 0 saturated carbocycles. The summed E-state index contributed by atoms with van der Waals surface area (Å²) in [5.41, 5.74) is 0. The first-order valence-electron chi connectivity index (χ1n) is 4.72. The van der Waals surface area contributed by atoms with Crippen molar-refractivity contribution in [2.75, 3.05) is 13.7 Å². The Kier molecular flexibility index (Phi) is 3.69. The van der Waals surface area contributed by atoms with Crippen LogP contribution < -0.4 is 10.6 Å². The molecule has 1 rings (SSSR count). The minimum atomic E-state index is -0.174. The molecule has 0 aliphatic carbocycles. The standard InChI is InChI=1S/C9H18N2O2/c1-6(2)11-7-4-5-10-8(7)9(12)13-3/h6-8,10-11H,4-5H2,1-3H3. The highest BCUT2D eigenvalue weighted by atomic mass is 16.5. The number of carbonyl (C=O) groups is 1. The van der Waals surface area contributed by atoms with E-state index in [1.165, 1.54) is 7.11 Å². The molecule has 13 heavy (non-hydrogen) atoms. The van der Waals surface area contributed by atoms with Gasteiger partial charge in [0.1, 0.15) is 6.04 Å². The van der Waals surface area contributed by atoms with E-state index in [2.05, 4.69) is 24.5 Å². The van der Waals surface area contributed by atoms with E-state index in [9.17, 15) is 4.79 Å². The normalized spacial score (nSPS) is 28.0. The van der Waals surface area contributed by atoms with Crippen molar-refractivity contribution in [3.63, 3.8) is 0 Å². The Morgan fingerprint density at radius 2 is 2.31 bits per heavy atom.